The van der Waals surface area contributed by atoms with Crippen LogP contribution in [0, 0.1) is 6.92 Å². The van der Waals surface area contributed by atoms with Gasteiger partial charge in [-0.2, -0.15) is 0 Å². The molecule has 30 heavy (non-hydrogen) atoms. The standard InChI is InChI=1S/C23H29N5S.HI/c1-4-24-23(26-15-20-11-10-18(2)14-21(20)29-3)27-16-22-25-12-13-28(22)17-19-8-6-5-7-9-19;/h5-14H,4,15-17H2,1-3H3,(H2,24,26,27);1H. The van der Waals surface area contributed by atoms with Gasteiger partial charge in [0.05, 0.1) is 13.1 Å². The molecule has 0 fully saturated rings. The molecule has 2 N–H and O–H groups in total. The maximum Gasteiger partial charge on any atom is 0.191 e. The molecule has 0 aliphatic carbocycles. The van der Waals surface area contributed by atoms with Gasteiger partial charge in [-0.05, 0) is 42.9 Å². The van der Waals surface area contributed by atoms with E-state index in [0.29, 0.717) is 13.1 Å². The number of nitrogens with zero attached hydrogens (tertiary/aromatic N) is 3. The van der Waals surface area contributed by atoms with E-state index in [-0.39, 0.29) is 24.0 Å². The summed E-state index contributed by atoms with van der Waals surface area (Å²) in [4.78, 5) is 10.6. The third-order valence-electron chi connectivity index (χ3n) is 4.61. The molecule has 3 rings (SSSR count). The monoisotopic (exact) mass is 535 g/mol. The van der Waals surface area contributed by atoms with Crippen LogP contribution in [0.15, 0.2) is 70.8 Å². The van der Waals surface area contributed by atoms with Gasteiger partial charge in [-0.1, -0.05) is 42.5 Å². The summed E-state index contributed by atoms with van der Waals surface area (Å²) in [6.45, 7) is 7.08. The van der Waals surface area contributed by atoms with Crippen LogP contribution in [-0.4, -0.2) is 28.3 Å². The number of nitrogens with one attached hydrogen (secondary N) is 2. The van der Waals surface area contributed by atoms with E-state index in [9.17, 15) is 0 Å². The summed E-state index contributed by atoms with van der Waals surface area (Å²) in [5.41, 5.74) is 3.78. The minimum absolute atomic E-state index is 0. The predicted octanol–water partition coefficient (Wildman–Crippen LogP) is 4.84. The van der Waals surface area contributed by atoms with Crippen molar-refractivity contribution in [2.45, 2.75) is 38.4 Å². The van der Waals surface area contributed by atoms with Crippen molar-refractivity contribution < 1.29 is 0 Å². The molecule has 0 unspecified atom stereocenters. The summed E-state index contributed by atoms with van der Waals surface area (Å²) >= 11 is 1.77. The first-order valence-corrected chi connectivity index (χ1v) is 11.1. The van der Waals surface area contributed by atoms with Crippen LogP contribution in [0.2, 0.25) is 0 Å². The van der Waals surface area contributed by atoms with Crippen molar-refractivity contribution in [2.75, 3.05) is 12.8 Å². The molecule has 3 aromatic rings. The van der Waals surface area contributed by atoms with E-state index < -0.39 is 0 Å². The van der Waals surface area contributed by atoms with Crippen molar-refractivity contribution in [1.29, 1.82) is 0 Å². The highest BCUT2D eigenvalue weighted by atomic mass is 127. The van der Waals surface area contributed by atoms with E-state index in [1.165, 1.54) is 21.6 Å². The quantitative estimate of drug-likeness (QED) is 0.188. The Bertz CT molecular complexity index is 940. The van der Waals surface area contributed by atoms with Gasteiger partial charge in [0.1, 0.15) is 5.82 Å². The Balaban J connectivity index is 0.00000320. The normalized spacial score (nSPS) is 11.1. The first kappa shape index (κ1) is 24.3. The number of hydrogen-bond acceptors (Lipinski definition) is 3. The zero-order valence-electron chi connectivity index (χ0n) is 17.8. The Hall–Kier alpha value is -2.00. The van der Waals surface area contributed by atoms with Crippen molar-refractivity contribution in [3.8, 4) is 0 Å². The van der Waals surface area contributed by atoms with Crippen molar-refractivity contribution in [2.24, 2.45) is 4.99 Å². The molecule has 0 aliphatic rings. The number of thioether (sulfide) groups is 1. The van der Waals surface area contributed by atoms with Crippen LogP contribution in [0.3, 0.4) is 0 Å². The number of aliphatic imine (C=N–C) groups is 1. The summed E-state index contributed by atoms with van der Waals surface area (Å²) in [5.74, 6) is 1.79. The van der Waals surface area contributed by atoms with E-state index in [4.69, 9.17) is 4.99 Å². The molecule has 2 aromatic carbocycles. The molecule has 7 heteroatoms. The van der Waals surface area contributed by atoms with Gasteiger partial charge in [-0.15, -0.1) is 35.7 Å². The van der Waals surface area contributed by atoms with Gasteiger partial charge >= 0.3 is 0 Å². The zero-order chi connectivity index (χ0) is 20.5. The largest absolute Gasteiger partial charge is 0.357 e. The highest BCUT2D eigenvalue weighted by molar-refractivity contribution is 14.0. The lowest BCUT2D eigenvalue weighted by atomic mass is 10.1. The molecule has 0 atom stereocenters. The van der Waals surface area contributed by atoms with Gasteiger partial charge in [0.2, 0.25) is 0 Å². The number of aromatic nitrogens is 2. The van der Waals surface area contributed by atoms with Crippen LogP contribution in [0.1, 0.15) is 29.4 Å². The summed E-state index contributed by atoms with van der Waals surface area (Å²) in [6, 6.07) is 17.0. The SMILES string of the molecule is CCNC(=NCc1ccc(C)cc1SC)NCc1nccn1Cc1ccccc1.I. The van der Waals surface area contributed by atoms with Gasteiger partial charge in [0.15, 0.2) is 5.96 Å². The van der Waals surface area contributed by atoms with Gasteiger partial charge < -0.3 is 15.2 Å². The summed E-state index contributed by atoms with van der Waals surface area (Å²) in [6.07, 6.45) is 5.98. The molecule has 1 heterocycles. The van der Waals surface area contributed by atoms with E-state index in [2.05, 4.69) is 82.8 Å². The van der Waals surface area contributed by atoms with Crippen LogP contribution in [0.4, 0.5) is 0 Å². The smallest absolute Gasteiger partial charge is 0.191 e. The molecule has 0 radical (unpaired) electrons. The van der Waals surface area contributed by atoms with E-state index in [1.807, 2.05) is 18.5 Å². The highest BCUT2D eigenvalue weighted by Crippen LogP contribution is 2.22. The Morgan fingerprint density at radius 1 is 1.13 bits per heavy atom. The molecule has 0 aliphatic heterocycles. The predicted molar refractivity (Wildman–Crippen MR) is 138 cm³/mol. The zero-order valence-corrected chi connectivity index (χ0v) is 20.9. The van der Waals surface area contributed by atoms with Crippen LogP contribution in [-0.2, 0) is 19.6 Å². The lowest BCUT2D eigenvalue weighted by Gasteiger charge is -2.13. The van der Waals surface area contributed by atoms with Gasteiger partial charge in [-0.25, -0.2) is 9.98 Å². The molecule has 0 saturated carbocycles. The minimum atomic E-state index is 0. The lowest BCUT2D eigenvalue weighted by molar-refractivity contribution is 0.688. The number of hydrogen-bond donors (Lipinski definition) is 2. The van der Waals surface area contributed by atoms with Crippen molar-refractivity contribution in [1.82, 2.24) is 20.2 Å². The van der Waals surface area contributed by atoms with Crippen LogP contribution >= 0.6 is 35.7 Å². The van der Waals surface area contributed by atoms with E-state index in [1.54, 1.807) is 11.8 Å². The number of halogens is 1. The van der Waals surface area contributed by atoms with Gasteiger partial charge in [-0.3, -0.25) is 0 Å². The fraction of sp³-hybridized carbons (Fsp3) is 0.304. The van der Waals surface area contributed by atoms with Gasteiger partial charge in [0.25, 0.3) is 0 Å². The number of guanidine groups is 1. The molecular formula is C23H30IN5S. The summed E-state index contributed by atoms with van der Waals surface area (Å²) in [7, 11) is 0. The van der Waals surface area contributed by atoms with E-state index >= 15 is 0 Å². The molecular weight excluding hydrogens is 505 g/mol. The van der Waals surface area contributed by atoms with Crippen molar-refractivity contribution in [3.63, 3.8) is 0 Å². The number of aryl methyl sites for hydroxylation is 1. The fourth-order valence-electron chi connectivity index (χ4n) is 3.08. The average molecular weight is 535 g/mol. The molecule has 160 valence electrons. The van der Waals surface area contributed by atoms with Crippen LogP contribution < -0.4 is 10.6 Å². The van der Waals surface area contributed by atoms with Crippen LogP contribution in [0.25, 0.3) is 0 Å². The first-order valence-electron chi connectivity index (χ1n) is 9.89. The maximum atomic E-state index is 4.78. The Morgan fingerprint density at radius 2 is 1.93 bits per heavy atom. The molecule has 1 aromatic heterocycles. The lowest BCUT2D eigenvalue weighted by Crippen LogP contribution is -2.37. The van der Waals surface area contributed by atoms with E-state index in [0.717, 1.165) is 24.9 Å². The van der Waals surface area contributed by atoms with Gasteiger partial charge in [0, 0.05) is 30.4 Å². The summed E-state index contributed by atoms with van der Waals surface area (Å²) < 4.78 is 2.16. The maximum absolute atomic E-state index is 4.78. The topological polar surface area (TPSA) is 54.2 Å². The molecule has 0 amide bonds. The van der Waals surface area contributed by atoms with Crippen LogP contribution in [0.5, 0.6) is 0 Å². The highest BCUT2D eigenvalue weighted by Gasteiger charge is 2.06. The molecule has 0 saturated heterocycles. The van der Waals surface area contributed by atoms with Crippen molar-refractivity contribution in [3.05, 3.63) is 83.4 Å². The number of imidazole rings is 1. The number of benzene rings is 2. The Kier molecular flexibility index (Phi) is 10.2. The number of rotatable bonds is 8. The second-order valence-corrected chi connectivity index (χ2v) is 7.67. The second kappa shape index (κ2) is 12.6. The molecule has 0 spiro atoms. The molecule has 0 bridgehead atoms. The third-order valence-corrected chi connectivity index (χ3v) is 5.43. The molecule has 5 nitrogen and oxygen atoms in total. The van der Waals surface area contributed by atoms with Crippen molar-refractivity contribution >= 4 is 41.7 Å². The Labute approximate surface area is 200 Å². The fourth-order valence-corrected chi connectivity index (χ4v) is 3.78. The minimum Gasteiger partial charge on any atom is -0.357 e. The Morgan fingerprint density at radius 3 is 2.67 bits per heavy atom. The third kappa shape index (κ3) is 7.05. The second-order valence-electron chi connectivity index (χ2n) is 6.82. The average Bonchev–Trinajstić information content (AvgIpc) is 3.18. The first-order chi connectivity index (χ1) is 14.2. The summed E-state index contributed by atoms with van der Waals surface area (Å²) in [5, 5.41) is 6.75.